The van der Waals surface area contributed by atoms with Crippen molar-refractivity contribution in [1.82, 2.24) is 14.9 Å². The Bertz CT molecular complexity index is 1610. The van der Waals surface area contributed by atoms with Crippen LogP contribution in [0.5, 0.6) is 5.75 Å². The first-order chi connectivity index (χ1) is 19.7. The van der Waals surface area contributed by atoms with E-state index in [1.807, 2.05) is 30.3 Å². The normalized spacial score (nSPS) is 15.6. The number of pyridine rings is 2. The fraction of sp³-hybridized carbons (Fsp3) is 0.355. The lowest BCUT2D eigenvalue weighted by Gasteiger charge is -2.25. The van der Waals surface area contributed by atoms with Crippen LogP contribution < -0.4 is 25.4 Å². The highest BCUT2D eigenvalue weighted by Gasteiger charge is 2.44. The number of nitrogens with zero attached hydrogens (tertiary/aromatic N) is 4. The number of carbonyl (C=O) groups is 2. The van der Waals surface area contributed by atoms with Crippen LogP contribution in [-0.4, -0.2) is 48.6 Å². The van der Waals surface area contributed by atoms with E-state index in [0.29, 0.717) is 48.8 Å². The number of aromatic nitrogens is 2. The van der Waals surface area contributed by atoms with Gasteiger partial charge in [0.1, 0.15) is 11.2 Å². The van der Waals surface area contributed by atoms with Crippen molar-refractivity contribution in [2.75, 3.05) is 37.0 Å². The Hall–Kier alpha value is -4.44. The van der Waals surface area contributed by atoms with Crippen molar-refractivity contribution in [2.45, 2.75) is 39.3 Å². The molecular formula is C31H35N5O5. The molecule has 3 aromatic heterocycles. The van der Waals surface area contributed by atoms with Crippen LogP contribution in [0.25, 0.3) is 11.0 Å². The smallest absolute Gasteiger partial charge is 0.294 e. The second-order valence-corrected chi connectivity index (χ2v) is 10.8. The SMILES string of the molecule is CN1C(=O)C(C)(C)C(=O)N(C)c2cc(OCCCNC(CCn3ccc4ccoc4c3=O)c3ccncc3)ccc21. The average molecular weight is 558 g/mol. The number of nitrogens with one attached hydrogen (secondary N) is 1. The Morgan fingerprint density at radius 3 is 2.46 bits per heavy atom. The van der Waals surface area contributed by atoms with E-state index in [0.717, 1.165) is 17.4 Å². The maximum absolute atomic E-state index is 13.0. The molecule has 1 aliphatic heterocycles. The van der Waals surface area contributed by atoms with Crippen molar-refractivity contribution in [3.05, 3.63) is 83.2 Å². The molecule has 0 radical (unpaired) electrons. The van der Waals surface area contributed by atoms with Gasteiger partial charge in [-0.1, -0.05) is 0 Å². The summed E-state index contributed by atoms with van der Waals surface area (Å²) in [6, 6.07) is 13.1. The van der Waals surface area contributed by atoms with Crippen molar-refractivity contribution in [3.8, 4) is 5.75 Å². The molecule has 10 heteroatoms. The van der Waals surface area contributed by atoms with Gasteiger partial charge >= 0.3 is 0 Å². The van der Waals surface area contributed by atoms with Crippen molar-refractivity contribution in [3.63, 3.8) is 0 Å². The summed E-state index contributed by atoms with van der Waals surface area (Å²) in [6.45, 7) is 4.97. The largest absolute Gasteiger partial charge is 0.493 e. The first-order valence-electron chi connectivity index (χ1n) is 13.7. The first kappa shape index (κ1) is 28.1. The molecule has 1 N–H and O–H groups in total. The molecule has 4 heterocycles. The van der Waals surface area contributed by atoms with Gasteiger partial charge in [0.15, 0.2) is 5.58 Å². The van der Waals surface area contributed by atoms with Crippen molar-refractivity contribution in [2.24, 2.45) is 5.41 Å². The lowest BCUT2D eigenvalue weighted by Crippen LogP contribution is -2.46. The standard InChI is InChI=1S/C31H35N5O5/c1-31(2)29(38)34(3)25-7-6-23(20-26(25)35(4)30(31)39)40-18-5-13-33-24(21-8-14-32-15-9-21)11-17-36-16-10-22-12-19-41-27(22)28(36)37/h6-10,12,14-16,19-20,24,33H,5,11,13,17-18H2,1-4H3. The zero-order valence-corrected chi connectivity index (χ0v) is 23.8. The molecule has 0 bridgehead atoms. The van der Waals surface area contributed by atoms with Gasteiger partial charge in [-0.2, -0.15) is 0 Å². The number of rotatable bonds is 10. The molecule has 1 unspecified atom stereocenters. The van der Waals surface area contributed by atoms with Crippen LogP contribution in [0.1, 0.15) is 38.3 Å². The maximum atomic E-state index is 13.0. The van der Waals surface area contributed by atoms with Gasteiger partial charge in [0.05, 0.1) is 24.2 Å². The number of benzene rings is 1. The quantitative estimate of drug-likeness (QED) is 0.230. The van der Waals surface area contributed by atoms with Crippen LogP contribution in [0, 0.1) is 5.41 Å². The number of hydrogen-bond acceptors (Lipinski definition) is 7. The first-order valence-corrected chi connectivity index (χ1v) is 13.7. The molecule has 214 valence electrons. The minimum absolute atomic E-state index is 0.0146. The molecule has 0 saturated carbocycles. The Morgan fingerprint density at radius 2 is 1.71 bits per heavy atom. The summed E-state index contributed by atoms with van der Waals surface area (Å²) < 4.78 is 13.1. The van der Waals surface area contributed by atoms with E-state index in [1.54, 1.807) is 63.2 Å². The third kappa shape index (κ3) is 5.60. The summed E-state index contributed by atoms with van der Waals surface area (Å²) in [5.41, 5.74) is 1.46. The molecule has 0 saturated heterocycles. The molecule has 2 amide bonds. The van der Waals surface area contributed by atoms with Crippen LogP contribution in [-0.2, 0) is 16.1 Å². The number of anilines is 2. The van der Waals surface area contributed by atoms with Crippen LogP contribution in [0.4, 0.5) is 11.4 Å². The summed E-state index contributed by atoms with van der Waals surface area (Å²) in [7, 11) is 3.37. The highest BCUT2D eigenvalue weighted by molar-refractivity contribution is 6.19. The lowest BCUT2D eigenvalue weighted by atomic mass is 9.90. The number of furan rings is 1. The number of amides is 2. The van der Waals surface area contributed by atoms with Gasteiger partial charge in [-0.25, -0.2) is 0 Å². The van der Waals surface area contributed by atoms with Gasteiger partial charge in [-0.3, -0.25) is 19.4 Å². The number of aryl methyl sites for hydroxylation is 1. The molecule has 1 atom stereocenters. The van der Waals surface area contributed by atoms with Gasteiger partial charge in [0.2, 0.25) is 11.8 Å². The lowest BCUT2D eigenvalue weighted by molar-refractivity contribution is -0.137. The summed E-state index contributed by atoms with van der Waals surface area (Å²) in [6.07, 6.45) is 8.30. The van der Waals surface area contributed by atoms with Crippen LogP contribution in [0.3, 0.4) is 0 Å². The maximum Gasteiger partial charge on any atom is 0.294 e. The minimum Gasteiger partial charge on any atom is -0.493 e. The van der Waals surface area contributed by atoms with E-state index in [4.69, 9.17) is 9.15 Å². The summed E-state index contributed by atoms with van der Waals surface area (Å²) in [5, 5.41) is 4.39. The van der Waals surface area contributed by atoms with Crippen molar-refractivity contribution >= 4 is 34.2 Å². The van der Waals surface area contributed by atoms with Gasteiger partial charge in [0, 0.05) is 56.7 Å². The number of fused-ring (bicyclic) bond motifs is 2. The molecular weight excluding hydrogens is 522 g/mol. The monoisotopic (exact) mass is 557 g/mol. The number of carbonyl (C=O) groups excluding carboxylic acids is 2. The second-order valence-electron chi connectivity index (χ2n) is 10.8. The van der Waals surface area contributed by atoms with Gasteiger partial charge in [-0.05, 0) is 75.2 Å². The minimum atomic E-state index is -1.15. The van der Waals surface area contributed by atoms with Crippen molar-refractivity contribution < 1.29 is 18.7 Å². The number of ether oxygens (including phenoxy) is 1. The third-order valence-electron chi connectivity index (χ3n) is 7.68. The molecule has 5 rings (SSSR count). The topological polar surface area (TPSA) is 110 Å². The van der Waals surface area contributed by atoms with Crippen LogP contribution in [0.15, 0.2) is 76.5 Å². The van der Waals surface area contributed by atoms with E-state index in [-0.39, 0.29) is 23.4 Å². The highest BCUT2D eigenvalue weighted by atomic mass is 16.5. The summed E-state index contributed by atoms with van der Waals surface area (Å²) >= 11 is 0. The van der Waals surface area contributed by atoms with E-state index in [2.05, 4.69) is 10.3 Å². The molecule has 4 aromatic rings. The molecule has 0 aliphatic carbocycles. The highest BCUT2D eigenvalue weighted by Crippen LogP contribution is 2.39. The Labute approximate surface area is 238 Å². The van der Waals surface area contributed by atoms with E-state index < -0.39 is 5.41 Å². The van der Waals surface area contributed by atoms with Gasteiger partial charge < -0.3 is 28.8 Å². The zero-order chi connectivity index (χ0) is 29.1. The summed E-state index contributed by atoms with van der Waals surface area (Å²) in [5.74, 6) is 0.119. The number of hydrogen-bond donors (Lipinski definition) is 1. The fourth-order valence-corrected chi connectivity index (χ4v) is 5.25. The summed E-state index contributed by atoms with van der Waals surface area (Å²) in [4.78, 5) is 45.8. The fourth-order valence-electron chi connectivity index (χ4n) is 5.25. The Balaban J connectivity index is 1.20. The molecule has 10 nitrogen and oxygen atoms in total. The zero-order valence-electron chi connectivity index (χ0n) is 23.8. The third-order valence-corrected chi connectivity index (χ3v) is 7.68. The Kier molecular flexibility index (Phi) is 7.94. The van der Waals surface area contributed by atoms with Crippen LogP contribution >= 0.6 is 0 Å². The van der Waals surface area contributed by atoms with Crippen molar-refractivity contribution in [1.29, 1.82) is 0 Å². The van der Waals surface area contributed by atoms with Gasteiger partial charge in [0.25, 0.3) is 5.56 Å². The van der Waals surface area contributed by atoms with E-state index >= 15 is 0 Å². The van der Waals surface area contributed by atoms with E-state index in [1.165, 1.54) is 16.1 Å². The molecule has 1 aromatic carbocycles. The van der Waals surface area contributed by atoms with Gasteiger partial charge in [-0.15, -0.1) is 0 Å². The Morgan fingerprint density at radius 1 is 0.976 bits per heavy atom. The molecule has 41 heavy (non-hydrogen) atoms. The van der Waals surface area contributed by atoms with E-state index in [9.17, 15) is 14.4 Å². The van der Waals surface area contributed by atoms with Crippen LogP contribution in [0.2, 0.25) is 0 Å². The molecule has 0 spiro atoms. The predicted molar refractivity (Wildman–Crippen MR) is 157 cm³/mol. The second kappa shape index (κ2) is 11.6. The predicted octanol–water partition coefficient (Wildman–Crippen LogP) is 4.15. The molecule has 1 aliphatic rings. The average Bonchev–Trinajstić information content (AvgIpc) is 3.46. The molecule has 0 fully saturated rings.